The molecule has 1 aliphatic rings. The van der Waals surface area contributed by atoms with Crippen molar-refractivity contribution in [3.63, 3.8) is 0 Å². The normalized spacial score (nSPS) is 28.0. The molecule has 0 bridgehead atoms. The van der Waals surface area contributed by atoms with Gasteiger partial charge in [0.15, 0.2) is 0 Å². The molecule has 3 aromatic carbocycles. The Hall–Kier alpha value is -2.49. The van der Waals surface area contributed by atoms with E-state index in [2.05, 4.69) is 36.5 Å². The number of benzene rings is 3. The summed E-state index contributed by atoms with van der Waals surface area (Å²) in [6.07, 6.45) is 0.535. The number of hydrogen-bond acceptors (Lipinski definition) is 2. The van der Waals surface area contributed by atoms with Gasteiger partial charge in [-0.1, -0.05) is 79.7 Å². The first-order chi connectivity index (χ1) is 13.1. The van der Waals surface area contributed by atoms with Crippen LogP contribution < -0.4 is 5.32 Å². The van der Waals surface area contributed by atoms with Crippen molar-refractivity contribution in [3.8, 4) is 0 Å². The highest BCUT2D eigenvalue weighted by Crippen LogP contribution is 2.48. The Morgan fingerprint density at radius 2 is 1.41 bits per heavy atom. The zero-order valence-electron chi connectivity index (χ0n) is 15.3. The van der Waals surface area contributed by atoms with Crippen LogP contribution in [0.3, 0.4) is 0 Å². The monoisotopic (exact) mass is 361 g/mol. The van der Waals surface area contributed by atoms with Crippen LogP contribution in [0.4, 0.5) is 4.39 Å². The molecule has 1 aliphatic heterocycles. The van der Waals surface area contributed by atoms with E-state index in [9.17, 15) is 9.50 Å². The minimum absolute atomic E-state index is 0.00246. The van der Waals surface area contributed by atoms with Gasteiger partial charge >= 0.3 is 0 Å². The average Bonchev–Trinajstić information content (AvgIpc) is 2.72. The second-order valence-corrected chi connectivity index (χ2v) is 7.44. The second-order valence-electron chi connectivity index (χ2n) is 7.44. The minimum Gasteiger partial charge on any atom is -0.385 e. The molecule has 0 amide bonds. The lowest BCUT2D eigenvalue weighted by Crippen LogP contribution is -2.50. The summed E-state index contributed by atoms with van der Waals surface area (Å²) in [5, 5.41) is 15.5. The van der Waals surface area contributed by atoms with Crippen LogP contribution in [0, 0.1) is 11.7 Å². The molecule has 1 saturated heterocycles. The summed E-state index contributed by atoms with van der Waals surface area (Å²) >= 11 is 0. The largest absolute Gasteiger partial charge is 0.385 e. The summed E-state index contributed by atoms with van der Waals surface area (Å²) in [4.78, 5) is 0. The lowest BCUT2D eigenvalue weighted by Gasteiger charge is -2.48. The first-order valence-electron chi connectivity index (χ1n) is 9.42. The lowest BCUT2D eigenvalue weighted by atomic mass is 9.69. The van der Waals surface area contributed by atoms with E-state index in [4.69, 9.17) is 0 Å². The molecule has 0 radical (unpaired) electrons. The van der Waals surface area contributed by atoms with Gasteiger partial charge in [-0.3, -0.25) is 0 Å². The standard InChI is InChI=1S/C24H24FNO/c1-17-23(19-10-6-3-7-11-19)26-22(18-8-4-2-5-9-18)16-24(17,27)20-12-14-21(25)15-13-20/h2-15,17,22-23,26-27H,16H2,1H3. The van der Waals surface area contributed by atoms with Crippen LogP contribution in [0.25, 0.3) is 0 Å². The maximum atomic E-state index is 13.5. The molecule has 3 aromatic rings. The highest BCUT2D eigenvalue weighted by Gasteiger charge is 2.47. The van der Waals surface area contributed by atoms with E-state index in [1.807, 2.05) is 36.4 Å². The third kappa shape index (κ3) is 3.41. The van der Waals surface area contributed by atoms with Gasteiger partial charge in [-0.15, -0.1) is 0 Å². The number of aliphatic hydroxyl groups is 1. The van der Waals surface area contributed by atoms with Gasteiger partial charge < -0.3 is 10.4 Å². The van der Waals surface area contributed by atoms with Crippen LogP contribution in [0.15, 0.2) is 84.9 Å². The van der Waals surface area contributed by atoms with Gasteiger partial charge in [0.1, 0.15) is 5.82 Å². The number of rotatable bonds is 3. The molecule has 138 valence electrons. The van der Waals surface area contributed by atoms with E-state index in [0.717, 1.165) is 16.7 Å². The highest BCUT2D eigenvalue weighted by molar-refractivity contribution is 5.32. The summed E-state index contributed by atoms with van der Waals surface area (Å²) in [5.41, 5.74) is 2.00. The molecule has 3 heteroatoms. The molecule has 2 nitrogen and oxygen atoms in total. The van der Waals surface area contributed by atoms with Crippen molar-refractivity contribution >= 4 is 0 Å². The smallest absolute Gasteiger partial charge is 0.123 e. The van der Waals surface area contributed by atoms with Crippen molar-refractivity contribution in [3.05, 3.63) is 107 Å². The molecule has 1 fully saturated rings. The van der Waals surface area contributed by atoms with E-state index in [1.165, 1.54) is 12.1 Å². The molecule has 4 unspecified atom stereocenters. The Bertz CT molecular complexity index is 881. The van der Waals surface area contributed by atoms with Gasteiger partial charge in [-0.05, 0) is 28.8 Å². The Kier molecular flexibility index (Phi) is 4.81. The van der Waals surface area contributed by atoms with Crippen LogP contribution in [-0.2, 0) is 5.60 Å². The Morgan fingerprint density at radius 1 is 0.852 bits per heavy atom. The van der Waals surface area contributed by atoms with Crippen LogP contribution in [0.2, 0.25) is 0 Å². The first kappa shape index (κ1) is 17.9. The van der Waals surface area contributed by atoms with Crippen molar-refractivity contribution in [2.75, 3.05) is 0 Å². The molecule has 0 spiro atoms. The van der Waals surface area contributed by atoms with Crippen LogP contribution in [-0.4, -0.2) is 5.11 Å². The molecule has 0 aromatic heterocycles. The predicted molar refractivity (Wildman–Crippen MR) is 106 cm³/mol. The number of hydrogen-bond donors (Lipinski definition) is 2. The van der Waals surface area contributed by atoms with Gasteiger partial charge in [-0.25, -0.2) is 4.39 Å². The summed E-state index contributed by atoms with van der Waals surface area (Å²) < 4.78 is 13.5. The van der Waals surface area contributed by atoms with Crippen molar-refractivity contribution in [1.82, 2.24) is 5.32 Å². The quantitative estimate of drug-likeness (QED) is 0.678. The van der Waals surface area contributed by atoms with Crippen molar-refractivity contribution in [2.45, 2.75) is 31.0 Å². The Labute approximate surface area is 159 Å². The van der Waals surface area contributed by atoms with Crippen molar-refractivity contribution in [1.29, 1.82) is 0 Å². The van der Waals surface area contributed by atoms with Gasteiger partial charge in [-0.2, -0.15) is 0 Å². The predicted octanol–water partition coefficient (Wildman–Crippen LogP) is 5.13. The summed E-state index contributed by atoms with van der Waals surface area (Å²) in [7, 11) is 0. The van der Waals surface area contributed by atoms with E-state index >= 15 is 0 Å². The molecule has 27 heavy (non-hydrogen) atoms. The van der Waals surface area contributed by atoms with Gasteiger partial charge in [0.2, 0.25) is 0 Å². The van der Waals surface area contributed by atoms with Gasteiger partial charge in [0, 0.05) is 24.4 Å². The van der Waals surface area contributed by atoms with Crippen molar-refractivity contribution in [2.24, 2.45) is 5.92 Å². The SMILES string of the molecule is CC1C(c2ccccc2)NC(c2ccccc2)CC1(O)c1ccc(F)cc1. The molecule has 4 rings (SSSR count). The van der Waals surface area contributed by atoms with Crippen molar-refractivity contribution < 1.29 is 9.50 Å². The molecule has 0 saturated carbocycles. The molecule has 2 N–H and O–H groups in total. The van der Waals surface area contributed by atoms with Crippen LogP contribution >= 0.6 is 0 Å². The zero-order valence-corrected chi connectivity index (χ0v) is 15.3. The summed E-state index contributed by atoms with van der Waals surface area (Å²) in [6, 6.07) is 26.7. The highest BCUT2D eigenvalue weighted by atomic mass is 19.1. The zero-order chi connectivity index (χ0) is 18.9. The topological polar surface area (TPSA) is 32.3 Å². The summed E-state index contributed by atoms with van der Waals surface area (Å²) in [6.45, 7) is 2.06. The average molecular weight is 361 g/mol. The fourth-order valence-corrected chi connectivity index (χ4v) is 4.26. The van der Waals surface area contributed by atoms with E-state index in [0.29, 0.717) is 6.42 Å². The fraction of sp³-hybridized carbons (Fsp3) is 0.250. The number of halogens is 1. The number of nitrogens with one attached hydrogen (secondary N) is 1. The van der Waals surface area contributed by atoms with E-state index in [-0.39, 0.29) is 23.8 Å². The Morgan fingerprint density at radius 3 is 2.00 bits per heavy atom. The number of piperidine rings is 1. The molecule has 1 heterocycles. The molecule has 4 atom stereocenters. The van der Waals surface area contributed by atoms with Gasteiger partial charge in [0.05, 0.1) is 5.60 Å². The van der Waals surface area contributed by atoms with Gasteiger partial charge in [0.25, 0.3) is 0 Å². The molecule has 0 aliphatic carbocycles. The fourth-order valence-electron chi connectivity index (χ4n) is 4.26. The second kappa shape index (κ2) is 7.26. The summed E-state index contributed by atoms with van der Waals surface area (Å²) in [5.74, 6) is -0.367. The first-order valence-corrected chi connectivity index (χ1v) is 9.42. The van der Waals surface area contributed by atoms with E-state index in [1.54, 1.807) is 12.1 Å². The molecular formula is C24H24FNO. The maximum Gasteiger partial charge on any atom is 0.123 e. The maximum absolute atomic E-state index is 13.5. The van der Waals surface area contributed by atoms with E-state index < -0.39 is 5.60 Å². The minimum atomic E-state index is -1.06. The third-order valence-corrected chi connectivity index (χ3v) is 5.85. The Balaban J connectivity index is 1.78. The third-order valence-electron chi connectivity index (χ3n) is 5.85. The van der Waals surface area contributed by atoms with Crippen LogP contribution in [0.5, 0.6) is 0 Å². The lowest BCUT2D eigenvalue weighted by molar-refractivity contribution is -0.0743. The van der Waals surface area contributed by atoms with Crippen LogP contribution in [0.1, 0.15) is 42.1 Å². The molecular weight excluding hydrogens is 337 g/mol.